The minimum absolute atomic E-state index is 0.0382. The van der Waals surface area contributed by atoms with Crippen LogP contribution in [-0.2, 0) is 13.0 Å². The van der Waals surface area contributed by atoms with Gasteiger partial charge in [-0.15, -0.1) is 0 Å². The summed E-state index contributed by atoms with van der Waals surface area (Å²) in [5.74, 6) is 0.0382. The van der Waals surface area contributed by atoms with E-state index in [1.807, 2.05) is 32.9 Å². The molecule has 0 saturated carbocycles. The van der Waals surface area contributed by atoms with Gasteiger partial charge in [0.25, 0.3) is 5.91 Å². The van der Waals surface area contributed by atoms with Crippen LogP contribution in [0.1, 0.15) is 42.3 Å². The summed E-state index contributed by atoms with van der Waals surface area (Å²) >= 11 is 0. The van der Waals surface area contributed by atoms with Gasteiger partial charge in [-0.05, 0) is 50.9 Å². The van der Waals surface area contributed by atoms with Crippen molar-refractivity contribution in [2.45, 2.75) is 39.3 Å². The number of carbonyl (C=O) groups is 1. The van der Waals surface area contributed by atoms with Crippen molar-refractivity contribution in [1.82, 2.24) is 10.6 Å². The molecular formula is C14H20N2O. The van der Waals surface area contributed by atoms with E-state index in [1.165, 1.54) is 11.1 Å². The van der Waals surface area contributed by atoms with Crippen molar-refractivity contribution in [3.63, 3.8) is 0 Å². The lowest BCUT2D eigenvalue weighted by Crippen LogP contribution is -2.41. The number of hydrogen-bond acceptors (Lipinski definition) is 2. The fourth-order valence-electron chi connectivity index (χ4n) is 2.15. The van der Waals surface area contributed by atoms with E-state index in [2.05, 4.69) is 16.7 Å². The third-order valence-electron chi connectivity index (χ3n) is 2.87. The van der Waals surface area contributed by atoms with Crippen molar-refractivity contribution in [1.29, 1.82) is 0 Å². The predicted molar refractivity (Wildman–Crippen MR) is 69.1 cm³/mol. The molecule has 1 aliphatic rings. The molecule has 0 aliphatic carbocycles. The van der Waals surface area contributed by atoms with Crippen LogP contribution in [0.5, 0.6) is 0 Å². The zero-order valence-corrected chi connectivity index (χ0v) is 10.8. The SMILES string of the molecule is CC(C)(C)NC(=O)c1cccc2c1CCNC2. The maximum Gasteiger partial charge on any atom is 0.251 e. The van der Waals surface area contributed by atoms with Gasteiger partial charge in [-0.2, -0.15) is 0 Å². The lowest BCUT2D eigenvalue weighted by molar-refractivity contribution is 0.0918. The van der Waals surface area contributed by atoms with Gasteiger partial charge in [-0.25, -0.2) is 0 Å². The molecule has 2 rings (SSSR count). The summed E-state index contributed by atoms with van der Waals surface area (Å²) in [6.45, 7) is 7.82. The standard InChI is InChI=1S/C14H20N2O/c1-14(2,3)16-13(17)12-6-4-5-10-9-15-8-7-11(10)12/h4-6,15H,7-9H2,1-3H3,(H,16,17). The number of carbonyl (C=O) groups excluding carboxylic acids is 1. The number of benzene rings is 1. The van der Waals surface area contributed by atoms with Crippen LogP contribution in [0, 0.1) is 0 Å². The molecule has 0 aromatic heterocycles. The monoisotopic (exact) mass is 232 g/mol. The summed E-state index contributed by atoms with van der Waals surface area (Å²) in [7, 11) is 0. The summed E-state index contributed by atoms with van der Waals surface area (Å²) in [6.07, 6.45) is 0.934. The molecule has 0 radical (unpaired) electrons. The molecule has 0 saturated heterocycles. The minimum atomic E-state index is -0.188. The van der Waals surface area contributed by atoms with E-state index in [4.69, 9.17) is 0 Å². The molecule has 3 heteroatoms. The van der Waals surface area contributed by atoms with E-state index < -0.39 is 0 Å². The van der Waals surface area contributed by atoms with Crippen LogP contribution in [-0.4, -0.2) is 18.0 Å². The maximum absolute atomic E-state index is 12.2. The Morgan fingerprint density at radius 1 is 1.35 bits per heavy atom. The molecule has 2 N–H and O–H groups in total. The molecule has 0 unspecified atom stereocenters. The first-order valence-corrected chi connectivity index (χ1v) is 6.11. The summed E-state index contributed by atoms with van der Waals surface area (Å²) in [6, 6.07) is 5.98. The highest BCUT2D eigenvalue weighted by Crippen LogP contribution is 2.19. The summed E-state index contributed by atoms with van der Waals surface area (Å²) in [5.41, 5.74) is 3.09. The number of fused-ring (bicyclic) bond motifs is 1. The lowest BCUT2D eigenvalue weighted by atomic mass is 9.94. The van der Waals surface area contributed by atoms with Crippen LogP contribution in [0.3, 0.4) is 0 Å². The Morgan fingerprint density at radius 2 is 2.12 bits per heavy atom. The molecule has 1 aromatic carbocycles. The second-order valence-electron chi connectivity index (χ2n) is 5.57. The molecule has 17 heavy (non-hydrogen) atoms. The van der Waals surface area contributed by atoms with Crippen LogP contribution in [0.15, 0.2) is 18.2 Å². The normalized spacial score (nSPS) is 15.2. The molecule has 1 amide bonds. The van der Waals surface area contributed by atoms with Gasteiger partial charge in [0, 0.05) is 17.6 Å². The second-order valence-corrected chi connectivity index (χ2v) is 5.57. The van der Waals surface area contributed by atoms with Gasteiger partial charge >= 0.3 is 0 Å². The Balaban J connectivity index is 2.29. The van der Waals surface area contributed by atoms with Crippen molar-refractivity contribution in [3.8, 4) is 0 Å². The predicted octanol–water partition coefficient (Wildman–Crippen LogP) is 1.86. The average molecular weight is 232 g/mol. The van der Waals surface area contributed by atoms with E-state index in [9.17, 15) is 4.79 Å². The van der Waals surface area contributed by atoms with Crippen LogP contribution in [0.2, 0.25) is 0 Å². The third kappa shape index (κ3) is 2.86. The number of nitrogens with one attached hydrogen (secondary N) is 2. The van der Waals surface area contributed by atoms with E-state index in [0.717, 1.165) is 25.1 Å². The molecule has 3 nitrogen and oxygen atoms in total. The Morgan fingerprint density at radius 3 is 2.82 bits per heavy atom. The first kappa shape index (κ1) is 12.1. The Labute approximate surface area is 103 Å². The summed E-state index contributed by atoms with van der Waals surface area (Å²) in [5, 5.41) is 6.35. The van der Waals surface area contributed by atoms with Crippen LogP contribution in [0.4, 0.5) is 0 Å². The number of rotatable bonds is 1. The quantitative estimate of drug-likeness (QED) is 0.776. The van der Waals surface area contributed by atoms with E-state index >= 15 is 0 Å². The van der Waals surface area contributed by atoms with Crippen molar-refractivity contribution >= 4 is 5.91 Å². The van der Waals surface area contributed by atoms with Crippen molar-refractivity contribution < 1.29 is 4.79 Å². The molecule has 0 bridgehead atoms. The molecule has 92 valence electrons. The molecule has 1 aliphatic heterocycles. The number of amides is 1. The van der Waals surface area contributed by atoms with Crippen LogP contribution < -0.4 is 10.6 Å². The smallest absolute Gasteiger partial charge is 0.251 e. The number of hydrogen-bond donors (Lipinski definition) is 2. The minimum Gasteiger partial charge on any atom is -0.347 e. The van der Waals surface area contributed by atoms with Crippen LogP contribution >= 0.6 is 0 Å². The topological polar surface area (TPSA) is 41.1 Å². The zero-order valence-electron chi connectivity index (χ0n) is 10.8. The molecule has 0 atom stereocenters. The largest absolute Gasteiger partial charge is 0.347 e. The van der Waals surface area contributed by atoms with Gasteiger partial charge in [0.1, 0.15) is 0 Å². The van der Waals surface area contributed by atoms with Crippen molar-refractivity contribution in [3.05, 3.63) is 34.9 Å². The molecule has 0 fully saturated rings. The molecular weight excluding hydrogens is 212 g/mol. The zero-order chi connectivity index (χ0) is 12.5. The van der Waals surface area contributed by atoms with Crippen molar-refractivity contribution in [2.24, 2.45) is 0 Å². The fraction of sp³-hybridized carbons (Fsp3) is 0.500. The highest BCUT2D eigenvalue weighted by molar-refractivity contribution is 5.96. The maximum atomic E-state index is 12.2. The van der Waals surface area contributed by atoms with E-state index in [0.29, 0.717) is 0 Å². The first-order valence-electron chi connectivity index (χ1n) is 6.11. The fourth-order valence-corrected chi connectivity index (χ4v) is 2.15. The Bertz CT molecular complexity index is 432. The highest BCUT2D eigenvalue weighted by Gasteiger charge is 2.20. The third-order valence-corrected chi connectivity index (χ3v) is 2.87. The van der Waals surface area contributed by atoms with Gasteiger partial charge in [-0.1, -0.05) is 12.1 Å². The average Bonchev–Trinajstić information content (AvgIpc) is 2.26. The second kappa shape index (κ2) is 4.49. The Kier molecular flexibility index (Phi) is 3.20. The van der Waals surface area contributed by atoms with Gasteiger partial charge in [0.2, 0.25) is 0 Å². The molecule has 1 aromatic rings. The van der Waals surface area contributed by atoms with Crippen LogP contribution in [0.25, 0.3) is 0 Å². The van der Waals surface area contributed by atoms with Gasteiger partial charge in [0.15, 0.2) is 0 Å². The van der Waals surface area contributed by atoms with Gasteiger partial charge in [-0.3, -0.25) is 4.79 Å². The van der Waals surface area contributed by atoms with E-state index in [1.54, 1.807) is 0 Å². The van der Waals surface area contributed by atoms with Gasteiger partial charge in [0.05, 0.1) is 0 Å². The lowest BCUT2D eigenvalue weighted by Gasteiger charge is -2.24. The summed E-state index contributed by atoms with van der Waals surface area (Å²) in [4.78, 5) is 12.2. The van der Waals surface area contributed by atoms with Crippen molar-refractivity contribution in [2.75, 3.05) is 6.54 Å². The summed E-state index contributed by atoms with van der Waals surface area (Å²) < 4.78 is 0. The molecule has 0 spiro atoms. The first-order chi connectivity index (χ1) is 7.97. The Hall–Kier alpha value is -1.35. The molecule has 1 heterocycles. The highest BCUT2D eigenvalue weighted by atomic mass is 16.1. The van der Waals surface area contributed by atoms with E-state index in [-0.39, 0.29) is 11.4 Å². The van der Waals surface area contributed by atoms with Gasteiger partial charge < -0.3 is 10.6 Å².